The number of aromatic nitrogens is 2. The molecule has 0 unspecified atom stereocenters. The van der Waals surface area contributed by atoms with Gasteiger partial charge < -0.3 is 10.5 Å². The number of halogens is 2. The van der Waals surface area contributed by atoms with E-state index in [2.05, 4.69) is 19.4 Å². The minimum Gasteiger partial charge on any atom is -0.435 e. The van der Waals surface area contributed by atoms with E-state index in [0.29, 0.717) is 0 Å². The molecule has 0 radical (unpaired) electrons. The third-order valence-electron chi connectivity index (χ3n) is 2.29. The molecule has 1 heterocycles. The minimum atomic E-state index is -3.89. The van der Waals surface area contributed by atoms with Crippen LogP contribution in [-0.2, 0) is 10.0 Å². The molecule has 112 valence electrons. The zero-order valence-corrected chi connectivity index (χ0v) is 11.2. The number of alkyl halides is 2. The Labute approximate surface area is 118 Å². The fraction of sp³-hybridized carbons (Fsp3) is 0.0909. The first-order chi connectivity index (χ1) is 9.87. The van der Waals surface area contributed by atoms with Gasteiger partial charge in [-0.05, 0) is 24.3 Å². The van der Waals surface area contributed by atoms with Crippen molar-refractivity contribution < 1.29 is 21.9 Å². The van der Waals surface area contributed by atoms with E-state index in [9.17, 15) is 17.2 Å². The molecule has 1 aromatic heterocycles. The second-order valence-corrected chi connectivity index (χ2v) is 5.47. The summed E-state index contributed by atoms with van der Waals surface area (Å²) in [7, 11) is -3.89. The van der Waals surface area contributed by atoms with Crippen molar-refractivity contribution in [2.45, 2.75) is 11.5 Å². The molecule has 0 aliphatic heterocycles. The van der Waals surface area contributed by atoms with Crippen LogP contribution in [0.2, 0.25) is 0 Å². The van der Waals surface area contributed by atoms with Crippen molar-refractivity contribution in [2.75, 3.05) is 10.5 Å². The zero-order chi connectivity index (χ0) is 15.5. The highest BCUT2D eigenvalue weighted by Gasteiger charge is 2.15. The number of nitrogens with two attached hydrogens (primary N) is 1. The number of rotatable bonds is 5. The second kappa shape index (κ2) is 5.87. The number of ether oxygens (including phenoxy) is 1. The van der Waals surface area contributed by atoms with Crippen LogP contribution in [0.3, 0.4) is 0 Å². The molecule has 1 aromatic carbocycles. The van der Waals surface area contributed by atoms with Gasteiger partial charge in [0, 0.05) is 5.69 Å². The van der Waals surface area contributed by atoms with Crippen molar-refractivity contribution in [1.82, 2.24) is 9.97 Å². The van der Waals surface area contributed by atoms with Gasteiger partial charge in [-0.15, -0.1) is 0 Å². The number of nitrogen functional groups attached to an aromatic ring is 1. The Balaban J connectivity index is 2.15. The maximum atomic E-state index is 12.0. The van der Waals surface area contributed by atoms with E-state index in [1.165, 1.54) is 24.3 Å². The number of nitrogens with zero attached hydrogens (tertiary/aromatic N) is 2. The van der Waals surface area contributed by atoms with Crippen LogP contribution in [0.25, 0.3) is 0 Å². The van der Waals surface area contributed by atoms with Crippen molar-refractivity contribution in [3.05, 3.63) is 36.7 Å². The van der Waals surface area contributed by atoms with Crippen LogP contribution in [0.1, 0.15) is 0 Å². The Morgan fingerprint density at radius 2 is 1.71 bits per heavy atom. The van der Waals surface area contributed by atoms with Crippen LogP contribution < -0.4 is 15.2 Å². The average molecular weight is 316 g/mol. The molecule has 0 fully saturated rings. The van der Waals surface area contributed by atoms with Gasteiger partial charge in [-0.3, -0.25) is 4.72 Å². The lowest BCUT2D eigenvalue weighted by Gasteiger charge is -2.09. The third-order valence-corrected chi connectivity index (χ3v) is 3.63. The van der Waals surface area contributed by atoms with Crippen LogP contribution in [0.4, 0.5) is 20.4 Å². The van der Waals surface area contributed by atoms with Gasteiger partial charge in [-0.25, -0.2) is 18.4 Å². The predicted octanol–water partition coefficient (Wildman–Crippen LogP) is 1.46. The lowest BCUT2D eigenvalue weighted by atomic mass is 10.3. The quantitative estimate of drug-likeness (QED) is 0.864. The summed E-state index contributed by atoms with van der Waals surface area (Å²) in [4.78, 5) is 6.98. The van der Waals surface area contributed by atoms with E-state index in [1.807, 2.05) is 0 Å². The van der Waals surface area contributed by atoms with E-state index in [0.717, 1.165) is 12.4 Å². The fourth-order valence-corrected chi connectivity index (χ4v) is 2.33. The molecule has 0 atom stereocenters. The number of hydrogen-bond donors (Lipinski definition) is 2. The lowest BCUT2D eigenvalue weighted by Crippen LogP contribution is -2.14. The molecule has 0 spiro atoms. The zero-order valence-electron chi connectivity index (χ0n) is 10.4. The molecule has 2 aromatic rings. The van der Waals surface area contributed by atoms with Gasteiger partial charge in [-0.1, -0.05) is 0 Å². The minimum absolute atomic E-state index is 0.0533. The SMILES string of the molecule is Nc1ncc(S(=O)(=O)Nc2ccc(OC(F)F)cc2)cn1. The highest BCUT2D eigenvalue weighted by molar-refractivity contribution is 7.92. The Kier molecular flexibility index (Phi) is 4.17. The van der Waals surface area contributed by atoms with Gasteiger partial charge >= 0.3 is 6.61 Å². The van der Waals surface area contributed by atoms with Crippen molar-refractivity contribution in [3.63, 3.8) is 0 Å². The third kappa shape index (κ3) is 3.99. The summed E-state index contributed by atoms with van der Waals surface area (Å²) < 4.78 is 54.4. The smallest absolute Gasteiger partial charge is 0.387 e. The molecule has 0 bridgehead atoms. The number of sulfonamides is 1. The highest BCUT2D eigenvalue weighted by Crippen LogP contribution is 2.20. The van der Waals surface area contributed by atoms with E-state index in [-0.39, 0.29) is 22.3 Å². The van der Waals surface area contributed by atoms with E-state index >= 15 is 0 Å². The van der Waals surface area contributed by atoms with Gasteiger partial charge in [0.15, 0.2) is 0 Å². The normalized spacial score (nSPS) is 11.4. The van der Waals surface area contributed by atoms with Crippen LogP contribution in [-0.4, -0.2) is 25.0 Å². The highest BCUT2D eigenvalue weighted by atomic mass is 32.2. The molecule has 7 nitrogen and oxygen atoms in total. The van der Waals surface area contributed by atoms with Crippen LogP contribution in [0, 0.1) is 0 Å². The molecule has 0 saturated carbocycles. The van der Waals surface area contributed by atoms with Crippen molar-refractivity contribution in [1.29, 1.82) is 0 Å². The van der Waals surface area contributed by atoms with Crippen LogP contribution in [0.5, 0.6) is 5.75 Å². The molecule has 21 heavy (non-hydrogen) atoms. The van der Waals surface area contributed by atoms with Crippen LogP contribution in [0.15, 0.2) is 41.6 Å². The van der Waals surface area contributed by atoms with E-state index in [1.54, 1.807) is 0 Å². The standard InChI is InChI=1S/C11H10F2N4O3S/c12-10(13)20-8-3-1-7(2-4-8)17-21(18,19)9-5-15-11(14)16-6-9/h1-6,10,17H,(H2,14,15,16). The van der Waals surface area contributed by atoms with E-state index < -0.39 is 16.6 Å². The van der Waals surface area contributed by atoms with Gasteiger partial charge in [0.25, 0.3) is 10.0 Å². The second-order valence-electron chi connectivity index (χ2n) is 3.79. The Morgan fingerprint density at radius 1 is 1.14 bits per heavy atom. The predicted molar refractivity (Wildman–Crippen MR) is 70.3 cm³/mol. The maximum absolute atomic E-state index is 12.0. The summed E-state index contributed by atoms with van der Waals surface area (Å²) in [5, 5.41) is 0. The molecule has 0 aliphatic rings. The summed E-state index contributed by atoms with van der Waals surface area (Å²) in [6, 6.07) is 4.99. The summed E-state index contributed by atoms with van der Waals surface area (Å²) in [6.45, 7) is -2.94. The topological polar surface area (TPSA) is 107 Å². The monoisotopic (exact) mass is 316 g/mol. The number of anilines is 2. The van der Waals surface area contributed by atoms with Gasteiger partial charge in [0.05, 0.1) is 12.4 Å². The number of benzene rings is 1. The lowest BCUT2D eigenvalue weighted by molar-refractivity contribution is -0.0498. The first kappa shape index (κ1) is 14.9. The molecular formula is C11H10F2N4O3S. The first-order valence-corrected chi connectivity index (χ1v) is 7.00. The van der Waals surface area contributed by atoms with Crippen molar-refractivity contribution >= 4 is 21.7 Å². The van der Waals surface area contributed by atoms with Crippen molar-refractivity contribution in [3.8, 4) is 5.75 Å². The largest absolute Gasteiger partial charge is 0.435 e. The summed E-state index contributed by atoms with van der Waals surface area (Å²) in [5.74, 6) is -0.133. The van der Waals surface area contributed by atoms with E-state index in [4.69, 9.17) is 5.73 Å². The molecule has 0 amide bonds. The fourth-order valence-electron chi connectivity index (χ4n) is 1.38. The Morgan fingerprint density at radius 3 is 2.24 bits per heavy atom. The maximum Gasteiger partial charge on any atom is 0.387 e. The molecule has 3 N–H and O–H groups in total. The average Bonchev–Trinajstić information content (AvgIpc) is 2.40. The van der Waals surface area contributed by atoms with Crippen molar-refractivity contribution in [2.24, 2.45) is 0 Å². The van der Waals surface area contributed by atoms with Gasteiger partial charge in [-0.2, -0.15) is 8.78 Å². The molecule has 0 saturated heterocycles. The summed E-state index contributed by atoms with van der Waals surface area (Å²) in [5.41, 5.74) is 5.44. The molecule has 10 heteroatoms. The van der Waals surface area contributed by atoms with Crippen LogP contribution >= 0.6 is 0 Å². The van der Waals surface area contributed by atoms with Gasteiger partial charge in [0.1, 0.15) is 10.6 Å². The first-order valence-electron chi connectivity index (χ1n) is 5.52. The molecule has 2 rings (SSSR count). The molecule has 0 aliphatic carbocycles. The van der Waals surface area contributed by atoms with Gasteiger partial charge in [0.2, 0.25) is 5.95 Å². The molecular weight excluding hydrogens is 306 g/mol. The number of nitrogens with one attached hydrogen (secondary N) is 1. The Hall–Kier alpha value is -2.49. The Bertz CT molecular complexity index is 705. The number of hydrogen-bond acceptors (Lipinski definition) is 6. The summed E-state index contributed by atoms with van der Waals surface area (Å²) in [6.07, 6.45) is 2.11. The summed E-state index contributed by atoms with van der Waals surface area (Å²) >= 11 is 0.